The molecule has 6 nitrogen and oxygen atoms in total. The molecule has 0 aromatic carbocycles. The van der Waals surface area contributed by atoms with Crippen LogP contribution in [-0.2, 0) is 15.9 Å². The summed E-state index contributed by atoms with van der Waals surface area (Å²) in [5, 5.41) is 7.21. The Labute approximate surface area is 162 Å². The highest BCUT2D eigenvalue weighted by Crippen LogP contribution is 2.57. The lowest BCUT2D eigenvalue weighted by molar-refractivity contribution is -0.168. The van der Waals surface area contributed by atoms with E-state index in [0.717, 1.165) is 63.7 Å². The van der Waals surface area contributed by atoms with E-state index in [0.29, 0.717) is 17.6 Å². The number of hydrogen-bond donors (Lipinski definition) is 2. The quantitative estimate of drug-likeness (QED) is 0.540. The minimum atomic E-state index is 0.268. The van der Waals surface area contributed by atoms with Crippen molar-refractivity contribution in [1.29, 1.82) is 0 Å². The van der Waals surface area contributed by atoms with Crippen molar-refractivity contribution >= 4 is 5.96 Å². The van der Waals surface area contributed by atoms with Gasteiger partial charge in [0.25, 0.3) is 0 Å². The van der Waals surface area contributed by atoms with E-state index in [1.54, 1.807) is 6.26 Å². The van der Waals surface area contributed by atoms with E-state index in [1.807, 2.05) is 12.1 Å². The summed E-state index contributed by atoms with van der Waals surface area (Å²) >= 11 is 0. The van der Waals surface area contributed by atoms with Gasteiger partial charge in [0, 0.05) is 37.6 Å². The van der Waals surface area contributed by atoms with E-state index in [4.69, 9.17) is 18.9 Å². The number of hydrogen-bond acceptors (Lipinski definition) is 4. The first-order valence-corrected chi connectivity index (χ1v) is 10.6. The number of ether oxygens (including phenoxy) is 2. The van der Waals surface area contributed by atoms with Gasteiger partial charge in [0.1, 0.15) is 5.76 Å². The molecule has 1 aromatic rings. The van der Waals surface area contributed by atoms with Gasteiger partial charge >= 0.3 is 0 Å². The predicted octanol–water partition coefficient (Wildman–Crippen LogP) is 2.88. The van der Waals surface area contributed by atoms with Gasteiger partial charge in [-0.15, -0.1) is 0 Å². The summed E-state index contributed by atoms with van der Waals surface area (Å²) in [6, 6.07) is 4.41. The molecule has 3 unspecified atom stereocenters. The van der Waals surface area contributed by atoms with Crippen LogP contribution in [0.4, 0.5) is 0 Å². The van der Waals surface area contributed by atoms with Crippen LogP contribution in [0.2, 0.25) is 0 Å². The number of aliphatic imine (C=N–C) groups is 1. The SMILES string of the molecule is CCOC1CC(NC(=NCC2CCCO2)NCCc2ccco2)C12CCC2. The lowest BCUT2D eigenvalue weighted by Gasteiger charge is -2.61. The maximum atomic E-state index is 5.99. The maximum Gasteiger partial charge on any atom is 0.191 e. The Bertz CT molecular complexity index is 606. The van der Waals surface area contributed by atoms with Crippen molar-refractivity contribution in [3.63, 3.8) is 0 Å². The minimum absolute atomic E-state index is 0.268. The molecule has 2 heterocycles. The molecule has 1 aromatic heterocycles. The zero-order chi connectivity index (χ0) is 18.5. The van der Waals surface area contributed by atoms with E-state index >= 15 is 0 Å². The Balaban J connectivity index is 1.34. The van der Waals surface area contributed by atoms with Gasteiger partial charge in [0.2, 0.25) is 0 Å². The summed E-state index contributed by atoms with van der Waals surface area (Å²) < 4.78 is 17.2. The Kier molecular flexibility index (Phi) is 6.03. The Morgan fingerprint density at radius 2 is 2.30 bits per heavy atom. The van der Waals surface area contributed by atoms with E-state index < -0.39 is 0 Å². The van der Waals surface area contributed by atoms with Crippen LogP contribution >= 0.6 is 0 Å². The summed E-state index contributed by atoms with van der Waals surface area (Å²) in [5.74, 6) is 1.90. The molecule has 3 aliphatic rings. The minimum Gasteiger partial charge on any atom is -0.469 e. The first kappa shape index (κ1) is 18.8. The lowest BCUT2D eigenvalue weighted by Crippen LogP contribution is -2.68. The molecule has 3 fully saturated rings. The van der Waals surface area contributed by atoms with E-state index in [2.05, 4.69) is 17.6 Å². The second-order valence-corrected chi connectivity index (χ2v) is 8.04. The molecule has 3 atom stereocenters. The molecule has 0 amide bonds. The van der Waals surface area contributed by atoms with Crippen LogP contribution < -0.4 is 10.6 Å². The monoisotopic (exact) mass is 375 g/mol. The van der Waals surface area contributed by atoms with Gasteiger partial charge in [0.15, 0.2) is 5.96 Å². The molecule has 2 saturated carbocycles. The molecular weight excluding hydrogens is 342 g/mol. The van der Waals surface area contributed by atoms with Crippen molar-refractivity contribution in [1.82, 2.24) is 10.6 Å². The number of rotatable bonds is 8. The van der Waals surface area contributed by atoms with Crippen molar-refractivity contribution in [2.45, 2.75) is 70.1 Å². The topological polar surface area (TPSA) is 68.0 Å². The highest BCUT2D eigenvalue weighted by atomic mass is 16.5. The molecule has 27 heavy (non-hydrogen) atoms. The number of nitrogens with zero attached hydrogens (tertiary/aromatic N) is 1. The first-order chi connectivity index (χ1) is 13.3. The fourth-order valence-corrected chi connectivity index (χ4v) is 4.70. The molecule has 1 spiro atoms. The van der Waals surface area contributed by atoms with Gasteiger partial charge in [-0.05, 0) is 51.2 Å². The highest BCUT2D eigenvalue weighted by molar-refractivity contribution is 5.80. The van der Waals surface area contributed by atoms with Crippen LogP contribution in [0.3, 0.4) is 0 Å². The van der Waals surface area contributed by atoms with Crippen LogP contribution in [0.1, 0.15) is 51.2 Å². The molecule has 1 aliphatic heterocycles. The van der Waals surface area contributed by atoms with Crippen molar-refractivity contribution < 1.29 is 13.9 Å². The van der Waals surface area contributed by atoms with Crippen molar-refractivity contribution in [2.75, 3.05) is 26.3 Å². The van der Waals surface area contributed by atoms with Crippen LogP contribution in [0.15, 0.2) is 27.8 Å². The Morgan fingerprint density at radius 3 is 2.96 bits per heavy atom. The fraction of sp³-hybridized carbons (Fsp3) is 0.762. The third-order valence-corrected chi connectivity index (χ3v) is 6.47. The number of guanidine groups is 1. The van der Waals surface area contributed by atoms with Gasteiger partial charge in [-0.2, -0.15) is 0 Å². The van der Waals surface area contributed by atoms with Crippen LogP contribution in [-0.4, -0.2) is 50.5 Å². The second kappa shape index (κ2) is 8.65. The number of furan rings is 1. The van der Waals surface area contributed by atoms with Gasteiger partial charge < -0.3 is 24.5 Å². The normalized spacial score (nSPS) is 29.4. The summed E-state index contributed by atoms with van der Waals surface area (Å²) in [4.78, 5) is 4.84. The molecule has 6 heteroatoms. The highest BCUT2D eigenvalue weighted by Gasteiger charge is 2.59. The van der Waals surface area contributed by atoms with E-state index in [1.165, 1.54) is 19.3 Å². The van der Waals surface area contributed by atoms with Gasteiger partial charge in [-0.3, -0.25) is 4.99 Å². The molecule has 2 aliphatic carbocycles. The lowest BCUT2D eigenvalue weighted by atomic mass is 9.51. The zero-order valence-corrected chi connectivity index (χ0v) is 16.4. The zero-order valence-electron chi connectivity index (χ0n) is 16.4. The smallest absolute Gasteiger partial charge is 0.191 e. The van der Waals surface area contributed by atoms with Gasteiger partial charge in [0.05, 0.1) is 25.0 Å². The van der Waals surface area contributed by atoms with Gasteiger partial charge in [-0.1, -0.05) is 6.42 Å². The Hall–Kier alpha value is -1.53. The molecule has 0 bridgehead atoms. The van der Waals surface area contributed by atoms with E-state index in [-0.39, 0.29) is 6.10 Å². The Morgan fingerprint density at radius 1 is 1.37 bits per heavy atom. The predicted molar refractivity (Wildman–Crippen MR) is 105 cm³/mol. The summed E-state index contributed by atoms with van der Waals surface area (Å²) in [6.45, 7) is 5.30. The average Bonchev–Trinajstić information content (AvgIpc) is 3.30. The first-order valence-electron chi connectivity index (χ1n) is 10.6. The summed E-state index contributed by atoms with van der Waals surface area (Å²) in [7, 11) is 0. The van der Waals surface area contributed by atoms with Crippen molar-refractivity contribution in [3.05, 3.63) is 24.2 Å². The van der Waals surface area contributed by atoms with Crippen LogP contribution in [0.5, 0.6) is 0 Å². The van der Waals surface area contributed by atoms with Crippen LogP contribution in [0, 0.1) is 5.41 Å². The third kappa shape index (κ3) is 4.16. The van der Waals surface area contributed by atoms with Gasteiger partial charge in [-0.25, -0.2) is 0 Å². The fourth-order valence-electron chi connectivity index (χ4n) is 4.70. The molecule has 2 N–H and O–H groups in total. The van der Waals surface area contributed by atoms with Crippen molar-refractivity contribution in [3.8, 4) is 0 Å². The molecule has 0 radical (unpaired) electrons. The van der Waals surface area contributed by atoms with E-state index in [9.17, 15) is 0 Å². The molecule has 4 rings (SSSR count). The molecule has 1 saturated heterocycles. The summed E-state index contributed by atoms with van der Waals surface area (Å²) in [5.41, 5.74) is 0.323. The number of nitrogens with one attached hydrogen (secondary N) is 2. The summed E-state index contributed by atoms with van der Waals surface area (Å²) in [6.07, 6.45) is 10.4. The third-order valence-electron chi connectivity index (χ3n) is 6.47. The largest absolute Gasteiger partial charge is 0.469 e. The van der Waals surface area contributed by atoms with Crippen molar-refractivity contribution in [2.24, 2.45) is 10.4 Å². The molecular formula is C21H33N3O3. The average molecular weight is 376 g/mol. The second-order valence-electron chi connectivity index (χ2n) is 8.04. The standard InChI is InChI=1S/C21H33N3O3/c1-2-25-19-14-18(21(19)9-5-10-21)24-20(23-15-17-7-4-13-27-17)22-11-8-16-6-3-12-26-16/h3,6,12,17-19H,2,4-5,7-11,13-15H2,1H3,(H2,22,23,24). The maximum absolute atomic E-state index is 5.99. The van der Waals surface area contributed by atoms with Crippen LogP contribution in [0.25, 0.3) is 0 Å². The molecule has 150 valence electrons.